The summed E-state index contributed by atoms with van der Waals surface area (Å²) >= 11 is 0. The van der Waals surface area contributed by atoms with Crippen LogP contribution in [0.4, 0.5) is 5.95 Å². The van der Waals surface area contributed by atoms with Gasteiger partial charge in [-0.15, -0.1) is 0 Å². The van der Waals surface area contributed by atoms with E-state index in [1.54, 1.807) is 0 Å². The highest BCUT2D eigenvalue weighted by atomic mass is 15.3. The first-order chi connectivity index (χ1) is 10.2. The van der Waals surface area contributed by atoms with Gasteiger partial charge in [0.05, 0.1) is 0 Å². The van der Waals surface area contributed by atoms with Crippen molar-refractivity contribution < 1.29 is 0 Å². The molecule has 0 atom stereocenters. The van der Waals surface area contributed by atoms with Crippen LogP contribution in [0.25, 0.3) is 0 Å². The van der Waals surface area contributed by atoms with Crippen LogP contribution < -0.4 is 10.2 Å². The van der Waals surface area contributed by atoms with E-state index < -0.39 is 0 Å². The minimum Gasteiger partial charge on any atom is -0.341 e. The van der Waals surface area contributed by atoms with Crippen LogP contribution in [0, 0.1) is 0 Å². The van der Waals surface area contributed by atoms with E-state index in [9.17, 15) is 0 Å². The lowest BCUT2D eigenvalue weighted by Crippen LogP contribution is -2.27. The van der Waals surface area contributed by atoms with E-state index in [4.69, 9.17) is 9.97 Å². The van der Waals surface area contributed by atoms with Crippen molar-refractivity contribution in [2.24, 2.45) is 0 Å². The standard InChI is InChI=1S/C17H30N4/c1-5-15-14(9-10-18-13(3)4)16(6-2)20-17(19-15)21-11-7-8-12-21/h13,18H,5-12H2,1-4H3. The molecule has 0 aromatic carbocycles. The average Bonchev–Trinajstić information content (AvgIpc) is 3.00. The number of hydrogen-bond donors (Lipinski definition) is 1. The Morgan fingerprint density at radius 1 is 1.05 bits per heavy atom. The molecule has 0 unspecified atom stereocenters. The lowest BCUT2D eigenvalue weighted by molar-refractivity contribution is 0.586. The molecular formula is C17H30N4. The first-order valence-electron chi connectivity index (χ1n) is 8.52. The van der Waals surface area contributed by atoms with Crippen molar-refractivity contribution in [3.8, 4) is 0 Å². The molecule has 2 rings (SSSR count). The zero-order valence-electron chi connectivity index (χ0n) is 14.1. The molecule has 0 amide bonds. The molecule has 21 heavy (non-hydrogen) atoms. The Kier molecular flexibility index (Phi) is 5.97. The van der Waals surface area contributed by atoms with Crippen LogP contribution in [0.15, 0.2) is 0 Å². The van der Waals surface area contributed by atoms with Gasteiger partial charge in [-0.1, -0.05) is 27.7 Å². The summed E-state index contributed by atoms with van der Waals surface area (Å²) in [5.41, 5.74) is 3.86. The molecule has 1 saturated heterocycles. The largest absolute Gasteiger partial charge is 0.341 e. The maximum atomic E-state index is 4.87. The third-order valence-corrected chi connectivity index (χ3v) is 4.15. The fraction of sp³-hybridized carbons (Fsp3) is 0.765. The molecule has 1 aromatic rings. The topological polar surface area (TPSA) is 41.1 Å². The average molecular weight is 290 g/mol. The minimum atomic E-state index is 0.532. The molecule has 1 aliphatic heterocycles. The van der Waals surface area contributed by atoms with Crippen molar-refractivity contribution >= 4 is 5.95 Å². The summed E-state index contributed by atoms with van der Waals surface area (Å²) in [6, 6.07) is 0.532. The zero-order chi connectivity index (χ0) is 15.2. The third-order valence-electron chi connectivity index (χ3n) is 4.15. The summed E-state index contributed by atoms with van der Waals surface area (Å²) in [7, 11) is 0. The lowest BCUT2D eigenvalue weighted by Gasteiger charge is -2.20. The fourth-order valence-corrected chi connectivity index (χ4v) is 2.99. The maximum Gasteiger partial charge on any atom is 0.225 e. The number of rotatable bonds is 7. The van der Waals surface area contributed by atoms with Gasteiger partial charge in [-0.2, -0.15) is 0 Å². The van der Waals surface area contributed by atoms with Crippen molar-refractivity contribution in [3.63, 3.8) is 0 Å². The first-order valence-corrected chi connectivity index (χ1v) is 8.52. The van der Waals surface area contributed by atoms with Crippen LogP contribution in [-0.4, -0.2) is 35.6 Å². The summed E-state index contributed by atoms with van der Waals surface area (Å²) in [4.78, 5) is 12.1. The Balaban J connectivity index is 2.21. The normalized spacial score (nSPS) is 15.2. The van der Waals surface area contributed by atoms with Gasteiger partial charge in [-0.05, 0) is 44.2 Å². The summed E-state index contributed by atoms with van der Waals surface area (Å²) in [5.74, 6) is 0.960. The van der Waals surface area contributed by atoms with Crippen LogP contribution in [0.1, 0.15) is 57.5 Å². The Morgan fingerprint density at radius 3 is 2.10 bits per heavy atom. The number of nitrogens with zero attached hydrogens (tertiary/aromatic N) is 3. The van der Waals surface area contributed by atoms with Crippen LogP contribution in [0.2, 0.25) is 0 Å². The molecule has 0 bridgehead atoms. The predicted molar refractivity (Wildman–Crippen MR) is 89.1 cm³/mol. The van der Waals surface area contributed by atoms with Crippen LogP contribution in [0.3, 0.4) is 0 Å². The number of nitrogens with one attached hydrogen (secondary N) is 1. The van der Waals surface area contributed by atoms with Crippen molar-refractivity contribution in [3.05, 3.63) is 17.0 Å². The second-order valence-electron chi connectivity index (χ2n) is 6.16. The number of aryl methyl sites for hydroxylation is 2. The van der Waals surface area contributed by atoms with Crippen molar-refractivity contribution in [1.82, 2.24) is 15.3 Å². The minimum absolute atomic E-state index is 0.532. The van der Waals surface area contributed by atoms with Gasteiger partial charge in [0.15, 0.2) is 0 Å². The third kappa shape index (κ3) is 4.16. The molecule has 4 nitrogen and oxygen atoms in total. The van der Waals surface area contributed by atoms with Crippen molar-refractivity contribution in [2.75, 3.05) is 24.5 Å². The van der Waals surface area contributed by atoms with E-state index in [-0.39, 0.29) is 0 Å². The Hall–Kier alpha value is -1.16. The van der Waals surface area contributed by atoms with Crippen molar-refractivity contribution in [1.29, 1.82) is 0 Å². The quantitative estimate of drug-likeness (QED) is 0.838. The molecule has 118 valence electrons. The van der Waals surface area contributed by atoms with Crippen LogP contribution in [-0.2, 0) is 19.3 Å². The fourth-order valence-electron chi connectivity index (χ4n) is 2.99. The van der Waals surface area contributed by atoms with E-state index in [1.807, 2.05) is 0 Å². The molecule has 0 saturated carbocycles. The zero-order valence-corrected chi connectivity index (χ0v) is 14.1. The Bertz CT molecular complexity index is 425. The van der Waals surface area contributed by atoms with Gasteiger partial charge in [0.2, 0.25) is 5.95 Å². The van der Waals surface area contributed by atoms with E-state index >= 15 is 0 Å². The molecule has 1 N–H and O–H groups in total. The van der Waals surface area contributed by atoms with Gasteiger partial charge < -0.3 is 10.2 Å². The SMILES string of the molecule is CCc1nc(N2CCCC2)nc(CC)c1CCNC(C)C. The predicted octanol–water partition coefficient (Wildman–Crippen LogP) is 2.74. The molecule has 0 radical (unpaired) electrons. The molecule has 4 heteroatoms. The summed E-state index contributed by atoms with van der Waals surface area (Å²) < 4.78 is 0. The lowest BCUT2D eigenvalue weighted by atomic mass is 10.0. The molecule has 0 spiro atoms. The molecule has 2 heterocycles. The van der Waals surface area contributed by atoms with Crippen LogP contribution >= 0.6 is 0 Å². The molecule has 1 fully saturated rings. The summed E-state index contributed by atoms with van der Waals surface area (Å²) in [5, 5.41) is 3.50. The second-order valence-corrected chi connectivity index (χ2v) is 6.16. The molecule has 1 aliphatic rings. The number of hydrogen-bond acceptors (Lipinski definition) is 4. The van der Waals surface area contributed by atoms with Gasteiger partial charge in [0.1, 0.15) is 0 Å². The highest BCUT2D eigenvalue weighted by Crippen LogP contribution is 2.21. The highest BCUT2D eigenvalue weighted by Gasteiger charge is 2.19. The van der Waals surface area contributed by atoms with Crippen molar-refractivity contribution in [2.45, 2.75) is 65.8 Å². The first kappa shape index (κ1) is 16.2. The summed E-state index contributed by atoms with van der Waals surface area (Å²) in [6.45, 7) is 12.0. The van der Waals surface area contributed by atoms with E-state index in [1.165, 1.54) is 29.8 Å². The van der Waals surface area contributed by atoms with E-state index in [2.05, 4.69) is 37.9 Å². The monoisotopic (exact) mass is 290 g/mol. The second kappa shape index (κ2) is 7.74. The number of aromatic nitrogens is 2. The van der Waals surface area contributed by atoms with E-state index in [0.29, 0.717) is 6.04 Å². The smallest absolute Gasteiger partial charge is 0.225 e. The Labute approximate surface area is 129 Å². The van der Waals surface area contributed by atoms with Crippen LogP contribution in [0.5, 0.6) is 0 Å². The van der Waals surface area contributed by atoms with Gasteiger partial charge in [0, 0.05) is 30.5 Å². The molecular weight excluding hydrogens is 260 g/mol. The van der Waals surface area contributed by atoms with Gasteiger partial charge in [-0.25, -0.2) is 9.97 Å². The van der Waals surface area contributed by atoms with Gasteiger partial charge >= 0.3 is 0 Å². The van der Waals surface area contributed by atoms with Gasteiger partial charge in [0.25, 0.3) is 0 Å². The highest BCUT2D eigenvalue weighted by molar-refractivity contribution is 5.38. The maximum absolute atomic E-state index is 4.87. The molecule has 0 aliphatic carbocycles. The Morgan fingerprint density at radius 2 is 1.62 bits per heavy atom. The van der Waals surface area contributed by atoms with Gasteiger partial charge in [-0.3, -0.25) is 0 Å². The summed E-state index contributed by atoms with van der Waals surface area (Å²) in [6.07, 6.45) is 5.56. The number of anilines is 1. The van der Waals surface area contributed by atoms with E-state index in [0.717, 1.165) is 44.8 Å². The molecule has 1 aromatic heterocycles.